The van der Waals surface area contributed by atoms with E-state index in [0.29, 0.717) is 5.56 Å². The summed E-state index contributed by atoms with van der Waals surface area (Å²) >= 11 is 0. The first-order valence-electron chi connectivity index (χ1n) is 6.23. The third-order valence-electron chi connectivity index (χ3n) is 3.81. The van der Waals surface area contributed by atoms with Gasteiger partial charge in [-0.1, -0.05) is 12.1 Å². The highest BCUT2D eigenvalue weighted by Gasteiger charge is 2.51. The predicted octanol–water partition coefficient (Wildman–Crippen LogP) is 0.589. The van der Waals surface area contributed by atoms with E-state index in [1.807, 2.05) is 33.8 Å². The van der Waals surface area contributed by atoms with Crippen LogP contribution in [0, 0.1) is 0 Å². The highest BCUT2D eigenvalue weighted by molar-refractivity contribution is 6.62. The van der Waals surface area contributed by atoms with Gasteiger partial charge in [-0.15, -0.1) is 0 Å². The lowest BCUT2D eigenvalue weighted by Crippen LogP contribution is -2.41. The average Bonchev–Trinajstić information content (AvgIpc) is 2.58. The van der Waals surface area contributed by atoms with E-state index in [2.05, 4.69) is 5.43 Å². The molecule has 5 nitrogen and oxygen atoms in total. The molecule has 1 aromatic carbocycles. The Balaban J connectivity index is 2.27. The summed E-state index contributed by atoms with van der Waals surface area (Å²) < 4.78 is 11.9. The minimum Gasteiger partial charge on any atom is -0.399 e. The summed E-state index contributed by atoms with van der Waals surface area (Å²) in [7, 11) is -0.476. The van der Waals surface area contributed by atoms with Crippen LogP contribution in [-0.4, -0.2) is 24.2 Å². The molecule has 0 spiro atoms. The SMILES string of the molecule is CC1(C)OB(c2cccc(C(=O)NN)c2)OC1(C)C. The Morgan fingerprint density at radius 2 is 1.79 bits per heavy atom. The van der Waals surface area contributed by atoms with Crippen molar-refractivity contribution in [2.45, 2.75) is 38.9 Å². The van der Waals surface area contributed by atoms with Crippen molar-refractivity contribution in [1.29, 1.82) is 0 Å². The van der Waals surface area contributed by atoms with Crippen LogP contribution < -0.4 is 16.7 Å². The van der Waals surface area contributed by atoms with Gasteiger partial charge in [-0.3, -0.25) is 10.2 Å². The lowest BCUT2D eigenvalue weighted by atomic mass is 9.78. The monoisotopic (exact) mass is 262 g/mol. The molecule has 3 N–H and O–H groups in total. The van der Waals surface area contributed by atoms with E-state index in [1.165, 1.54) is 0 Å². The number of hydrogen-bond acceptors (Lipinski definition) is 4. The molecule has 0 aliphatic carbocycles. The fourth-order valence-corrected chi connectivity index (χ4v) is 1.89. The van der Waals surface area contributed by atoms with Crippen LogP contribution in [0.15, 0.2) is 24.3 Å². The summed E-state index contributed by atoms with van der Waals surface area (Å²) in [5.74, 6) is 4.80. The first-order valence-corrected chi connectivity index (χ1v) is 6.23. The summed E-state index contributed by atoms with van der Waals surface area (Å²) in [6.07, 6.45) is 0. The minimum atomic E-state index is -0.476. The Bertz CT molecular complexity index is 486. The maximum absolute atomic E-state index is 11.5. The number of nitrogen functional groups attached to an aromatic ring is 1. The van der Waals surface area contributed by atoms with Crippen molar-refractivity contribution in [3.05, 3.63) is 29.8 Å². The Labute approximate surface area is 113 Å². The molecule has 1 saturated heterocycles. The standard InChI is InChI=1S/C13H19BN2O3/c1-12(2)13(3,4)19-14(18-12)10-7-5-6-9(8-10)11(17)16-15/h5-8H,15H2,1-4H3,(H,16,17). The van der Waals surface area contributed by atoms with Gasteiger partial charge in [-0.05, 0) is 45.3 Å². The molecule has 102 valence electrons. The molecule has 2 rings (SSSR count). The van der Waals surface area contributed by atoms with Gasteiger partial charge in [-0.25, -0.2) is 5.84 Å². The third-order valence-corrected chi connectivity index (χ3v) is 3.81. The number of nitrogens with one attached hydrogen (secondary N) is 1. The van der Waals surface area contributed by atoms with E-state index in [0.717, 1.165) is 5.46 Å². The summed E-state index contributed by atoms with van der Waals surface area (Å²) in [5.41, 5.74) is 2.60. The summed E-state index contributed by atoms with van der Waals surface area (Å²) in [6.45, 7) is 7.96. The zero-order chi connectivity index (χ0) is 14.3. The van der Waals surface area contributed by atoms with E-state index in [4.69, 9.17) is 15.2 Å². The Hall–Kier alpha value is -1.37. The van der Waals surface area contributed by atoms with Crippen molar-refractivity contribution in [2.75, 3.05) is 0 Å². The smallest absolute Gasteiger partial charge is 0.399 e. The van der Waals surface area contributed by atoms with E-state index < -0.39 is 18.3 Å². The van der Waals surface area contributed by atoms with Gasteiger partial charge in [0, 0.05) is 5.56 Å². The predicted molar refractivity (Wildman–Crippen MR) is 73.8 cm³/mol. The number of hydrogen-bond donors (Lipinski definition) is 2. The van der Waals surface area contributed by atoms with E-state index in [1.54, 1.807) is 18.2 Å². The van der Waals surface area contributed by atoms with Crippen molar-refractivity contribution < 1.29 is 14.1 Å². The highest BCUT2D eigenvalue weighted by atomic mass is 16.7. The Morgan fingerprint density at radius 3 is 2.32 bits per heavy atom. The normalized spacial score (nSPS) is 20.4. The van der Waals surface area contributed by atoms with E-state index in [-0.39, 0.29) is 5.91 Å². The molecule has 0 bridgehead atoms. The van der Waals surface area contributed by atoms with Gasteiger partial charge >= 0.3 is 7.12 Å². The molecule has 1 aromatic rings. The number of hydrazine groups is 1. The van der Waals surface area contributed by atoms with Crippen LogP contribution in [0.1, 0.15) is 38.1 Å². The van der Waals surface area contributed by atoms with Gasteiger partial charge in [0.05, 0.1) is 11.2 Å². The molecular weight excluding hydrogens is 243 g/mol. The van der Waals surface area contributed by atoms with Crippen molar-refractivity contribution >= 4 is 18.5 Å². The van der Waals surface area contributed by atoms with E-state index in [9.17, 15) is 4.79 Å². The lowest BCUT2D eigenvalue weighted by Gasteiger charge is -2.32. The Morgan fingerprint density at radius 1 is 1.21 bits per heavy atom. The molecule has 0 radical (unpaired) electrons. The molecule has 1 aliphatic rings. The number of amides is 1. The van der Waals surface area contributed by atoms with Crippen molar-refractivity contribution in [2.24, 2.45) is 5.84 Å². The maximum atomic E-state index is 11.5. The summed E-state index contributed by atoms with van der Waals surface area (Å²) in [4.78, 5) is 11.5. The zero-order valence-corrected chi connectivity index (χ0v) is 11.7. The van der Waals surface area contributed by atoms with Gasteiger partial charge in [-0.2, -0.15) is 0 Å². The molecule has 1 aliphatic heterocycles. The summed E-state index contributed by atoms with van der Waals surface area (Å²) in [5, 5.41) is 0. The molecule has 0 aromatic heterocycles. The second-order valence-electron chi connectivity index (χ2n) is 5.69. The topological polar surface area (TPSA) is 73.6 Å². The molecule has 0 saturated carbocycles. The van der Waals surface area contributed by atoms with Crippen LogP contribution >= 0.6 is 0 Å². The Kier molecular flexibility index (Phi) is 3.42. The van der Waals surface area contributed by atoms with Gasteiger partial charge in [0.15, 0.2) is 0 Å². The lowest BCUT2D eigenvalue weighted by molar-refractivity contribution is 0.00578. The average molecular weight is 262 g/mol. The van der Waals surface area contributed by atoms with Crippen molar-refractivity contribution in [3.63, 3.8) is 0 Å². The van der Waals surface area contributed by atoms with E-state index >= 15 is 0 Å². The largest absolute Gasteiger partial charge is 0.494 e. The van der Waals surface area contributed by atoms with Crippen LogP contribution in [0.4, 0.5) is 0 Å². The molecule has 0 atom stereocenters. The van der Waals surface area contributed by atoms with Crippen LogP contribution in [0.25, 0.3) is 0 Å². The second kappa shape index (κ2) is 4.63. The fourth-order valence-electron chi connectivity index (χ4n) is 1.89. The molecule has 0 unspecified atom stereocenters. The first kappa shape index (κ1) is 14.1. The first-order chi connectivity index (χ1) is 8.77. The maximum Gasteiger partial charge on any atom is 0.494 e. The zero-order valence-electron chi connectivity index (χ0n) is 11.7. The van der Waals surface area contributed by atoms with Crippen LogP contribution in [0.3, 0.4) is 0 Å². The van der Waals surface area contributed by atoms with Gasteiger partial charge in [0.2, 0.25) is 0 Å². The number of carbonyl (C=O) groups is 1. The van der Waals surface area contributed by atoms with Gasteiger partial charge in [0.1, 0.15) is 0 Å². The van der Waals surface area contributed by atoms with Crippen LogP contribution in [0.5, 0.6) is 0 Å². The third kappa shape index (κ3) is 2.52. The van der Waals surface area contributed by atoms with Crippen molar-refractivity contribution in [3.8, 4) is 0 Å². The van der Waals surface area contributed by atoms with Gasteiger partial charge in [0.25, 0.3) is 5.91 Å². The number of carbonyl (C=O) groups excluding carboxylic acids is 1. The minimum absolute atomic E-state index is 0.335. The number of rotatable bonds is 2. The quantitative estimate of drug-likeness (QED) is 0.354. The van der Waals surface area contributed by atoms with Crippen LogP contribution in [0.2, 0.25) is 0 Å². The summed E-state index contributed by atoms with van der Waals surface area (Å²) in [6, 6.07) is 7.07. The number of nitrogens with two attached hydrogens (primary N) is 1. The second-order valence-corrected chi connectivity index (χ2v) is 5.69. The molecule has 1 heterocycles. The molecule has 1 fully saturated rings. The molecule has 6 heteroatoms. The van der Waals surface area contributed by atoms with Gasteiger partial charge < -0.3 is 9.31 Å². The molecular formula is C13H19BN2O3. The van der Waals surface area contributed by atoms with Crippen LogP contribution in [-0.2, 0) is 9.31 Å². The highest BCUT2D eigenvalue weighted by Crippen LogP contribution is 2.36. The fraction of sp³-hybridized carbons (Fsp3) is 0.462. The van der Waals surface area contributed by atoms with Crippen molar-refractivity contribution in [1.82, 2.24) is 5.43 Å². The molecule has 19 heavy (non-hydrogen) atoms. The molecule has 1 amide bonds. The number of benzene rings is 1.